The number of nitrogens with zero attached hydrogens (tertiary/aromatic N) is 2. The molecule has 0 aliphatic rings. The Morgan fingerprint density at radius 1 is 1.09 bits per heavy atom. The zero-order chi connectivity index (χ0) is 15.2. The van der Waals surface area contributed by atoms with Crippen LogP contribution in [0.4, 0.5) is 0 Å². The third-order valence-corrected chi connectivity index (χ3v) is 3.42. The third-order valence-electron chi connectivity index (χ3n) is 3.17. The normalized spacial score (nSPS) is 10.0. The lowest BCUT2D eigenvalue weighted by molar-refractivity contribution is 0.929. The van der Waals surface area contributed by atoms with E-state index in [9.17, 15) is 0 Å². The van der Waals surface area contributed by atoms with E-state index < -0.39 is 0 Å². The number of aromatic amines is 1. The highest BCUT2D eigenvalue weighted by Gasteiger charge is 2.03. The summed E-state index contributed by atoms with van der Waals surface area (Å²) >= 11 is 5.89. The van der Waals surface area contributed by atoms with E-state index in [1.807, 2.05) is 48.5 Å². The van der Waals surface area contributed by atoms with Gasteiger partial charge >= 0.3 is 0 Å². The molecule has 0 saturated carbocycles. The largest absolute Gasteiger partial charge is 0.282 e. The summed E-state index contributed by atoms with van der Waals surface area (Å²) in [6.45, 7) is 0. The van der Waals surface area contributed by atoms with Gasteiger partial charge in [-0.3, -0.25) is 5.10 Å². The predicted octanol–water partition coefficient (Wildman–Crippen LogP) is 4.11. The summed E-state index contributed by atoms with van der Waals surface area (Å²) in [6, 6.07) is 15.4. The minimum Gasteiger partial charge on any atom is -0.282 e. The minimum absolute atomic E-state index is 0.726. The van der Waals surface area contributed by atoms with Crippen molar-refractivity contribution < 1.29 is 0 Å². The maximum Gasteiger partial charge on any atom is 0.113 e. The second kappa shape index (κ2) is 6.93. The fraction of sp³-hybridized carbons (Fsp3) is 0.111. The smallest absolute Gasteiger partial charge is 0.113 e. The van der Waals surface area contributed by atoms with E-state index in [2.05, 4.69) is 27.0 Å². The molecule has 0 bridgehead atoms. The standard InChI is InChI=1S/C18H14ClN3/c19-15-10-8-14(9-11-15)18-13-17(21-22-18)7-2-1-5-16-6-3-4-12-20-16/h3-4,6,8-13H,2,7H2,(H,21,22). The molecule has 0 fully saturated rings. The van der Waals surface area contributed by atoms with Crippen LogP contribution in [0.15, 0.2) is 54.7 Å². The summed E-state index contributed by atoms with van der Waals surface area (Å²) in [7, 11) is 0. The first-order chi connectivity index (χ1) is 10.8. The monoisotopic (exact) mass is 307 g/mol. The summed E-state index contributed by atoms with van der Waals surface area (Å²) in [5.41, 5.74) is 3.84. The van der Waals surface area contributed by atoms with Crippen LogP contribution in [-0.4, -0.2) is 15.2 Å². The average molecular weight is 308 g/mol. The molecule has 0 aliphatic heterocycles. The van der Waals surface area contributed by atoms with Crippen molar-refractivity contribution in [2.75, 3.05) is 0 Å². The zero-order valence-electron chi connectivity index (χ0n) is 11.9. The van der Waals surface area contributed by atoms with Crippen LogP contribution in [0, 0.1) is 11.8 Å². The molecule has 0 amide bonds. The second-order valence-electron chi connectivity index (χ2n) is 4.80. The molecule has 0 radical (unpaired) electrons. The van der Waals surface area contributed by atoms with Gasteiger partial charge < -0.3 is 0 Å². The number of halogens is 1. The summed E-state index contributed by atoms with van der Waals surface area (Å²) in [5.74, 6) is 6.18. The summed E-state index contributed by atoms with van der Waals surface area (Å²) < 4.78 is 0. The quantitative estimate of drug-likeness (QED) is 0.740. The van der Waals surface area contributed by atoms with E-state index in [0.29, 0.717) is 0 Å². The van der Waals surface area contributed by atoms with Gasteiger partial charge in [-0.25, -0.2) is 4.98 Å². The molecule has 0 aliphatic carbocycles. The lowest BCUT2D eigenvalue weighted by Gasteiger charge is -1.95. The maximum absolute atomic E-state index is 5.89. The molecule has 0 unspecified atom stereocenters. The first kappa shape index (κ1) is 14.4. The topological polar surface area (TPSA) is 41.6 Å². The Morgan fingerprint density at radius 2 is 1.95 bits per heavy atom. The van der Waals surface area contributed by atoms with Crippen LogP contribution >= 0.6 is 11.6 Å². The molecule has 2 aromatic heterocycles. The van der Waals surface area contributed by atoms with Gasteiger partial charge in [0.15, 0.2) is 0 Å². The number of nitrogens with one attached hydrogen (secondary N) is 1. The molecule has 0 atom stereocenters. The number of aromatic nitrogens is 3. The predicted molar refractivity (Wildman–Crippen MR) is 88.5 cm³/mol. The van der Waals surface area contributed by atoms with Crippen LogP contribution in [0.1, 0.15) is 17.8 Å². The molecule has 2 heterocycles. The van der Waals surface area contributed by atoms with Crippen molar-refractivity contribution >= 4 is 11.6 Å². The number of H-pyrrole nitrogens is 1. The minimum atomic E-state index is 0.726. The molecular formula is C18H14ClN3. The molecule has 3 rings (SSSR count). The number of hydrogen-bond donors (Lipinski definition) is 1. The zero-order valence-corrected chi connectivity index (χ0v) is 12.6. The number of pyridine rings is 1. The van der Waals surface area contributed by atoms with E-state index in [0.717, 1.165) is 40.5 Å². The Labute approximate surface area is 134 Å². The number of benzene rings is 1. The van der Waals surface area contributed by atoms with Crippen molar-refractivity contribution in [1.29, 1.82) is 0 Å². The Morgan fingerprint density at radius 3 is 2.73 bits per heavy atom. The number of aryl methyl sites for hydroxylation is 1. The summed E-state index contributed by atoms with van der Waals surface area (Å²) in [5, 5.41) is 8.10. The first-order valence-electron chi connectivity index (χ1n) is 7.01. The molecule has 3 aromatic rings. The van der Waals surface area contributed by atoms with Crippen molar-refractivity contribution in [3.05, 3.63) is 71.1 Å². The van der Waals surface area contributed by atoms with Gasteiger partial charge in [0.05, 0.1) is 5.69 Å². The molecular weight excluding hydrogens is 294 g/mol. The van der Waals surface area contributed by atoms with Crippen molar-refractivity contribution in [1.82, 2.24) is 15.2 Å². The highest BCUT2D eigenvalue weighted by Crippen LogP contribution is 2.20. The van der Waals surface area contributed by atoms with Crippen molar-refractivity contribution in [2.24, 2.45) is 0 Å². The molecule has 3 nitrogen and oxygen atoms in total. The fourth-order valence-electron chi connectivity index (χ4n) is 2.05. The number of hydrogen-bond acceptors (Lipinski definition) is 2. The van der Waals surface area contributed by atoms with Crippen LogP contribution < -0.4 is 0 Å². The van der Waals surface area contributed by atoms with E-state index in [-0.39, 0.29) is 0 Å². The Kier molecular flexibility index (Phi) is 4.53. The van der Waals surface area contributed by atoms with E-state index in [4.69, 9.17) is 11.6 Å². The molecule has 1 N–H and O–H groups in total. The van der Waals surface area contributed by atoms with Gasteiger partial charge in [-0.2, -0.15) is 5.10 Å². The Hall–Kier alpha value is -2.57. The maximum atomic E-state index is 5.89. The molecule has 0 spiro atoms. The van der Waals surface area contributed by atoms with Gasteiger partial charge in [0, 0.05) is 35.3 Å². The van der Waals surface area contributed by atoms with Gasteiger partial charge in [0.25, 0.3) is 0 Å². The van der Waals surface area contributed by atoms with Crippen molar-refractivity contribution in [3.8, 4) is 23.1 Å². The third kappa shape index (κ3) is 3.75. The lowest BCUT2D eigenvalue weighted by Crippen LogP contribution is -1.84. The fourth-order valence-corrected chi connectivity index (χ4v) is 2.17. The molecule has 108 valence electrons. The highest BCUT2D eigenvalue weighted by atomic mass is 35.5. The number of rotatable bonds is 3. The van der Waals surface area contributed by atoms with Gasteiger partial charge in [0.1, 0.15) is 5.69 Å². The molecule has 22 heavy (non-hydrogen) atoms. The summed E-state index contributed by atoms with van der Waals surface area (Å²) in [6.07, 6.45) is 3.34. The molecule has 0 saturated heterocycles. The SMILES string of the molecule is Clc1ccc(-c2cc(CCC#Cc3ccccn3)[nH]n2)cc1. The van der Waals surface area contributed by atoms with E-state index in [1.54, 1.807) is 6.20 Å². The summed E-state index contributed by atoms with van der Waals surface area (Å²) in [4.78, 5) is 4.17. The van der Waals surface area contributed by atoms with Crippen LogP contribution in [0.5, 0.6) is 0 Å². The van der Waals surface area contributed by atoms with E-state index >= 15 is 0 Å². The molecule has 4 heteroatoms. The average Bonchev–Trinajstić information content (AvgIpc) is 3.02. The van der Waals surface area contributed by atoms with Crippen LogP contribution in [0.25, 0.3) is 11.3 Å². The van der Waals surface area contributed by atoms with Gasteiger partial charge in [0.2, 0.25) is 0 Å². The van der Waals surface area contributed by atoms with Gasteiger partial charge in [-0.05, 0) is 36.3 Å². The van der Waals surface area contributed by atoms with Crippen LogP contribution in [0.3, 0.4) is 0 Å². The lowest BCUT2D eigenvalue weighted by atomic mass is 10.1. The van der Waals surface area contributed by atoms with Crippen molar-refractivity contribution in [3.63, 3.8) is 0 Å². The van der Waals surface area contributed by atoms with Crippen LogP contribution in [0.2, 0.25) is 5.02 Å². The Bertz CT molecular complexity index is 796. The highest BCUT2D eigenvalue weighted by molar-refractivity contribution is 6.30. The van der Waals surface area contributed by atoms with Gasteiger partial charge in [-0.1, -0.05) is 35.7 Å². The first-order valence-corrected chi connectivity index (χ1v) is 7.39. The van der Waals surface area contributed by atoms with Gasteiger partial charge in [-0.15, -0.1) is 0 Å². The second-order valence-corrected chi connectivity index (χ2v) is 5.24. The molecule has 1 aromatic carbocycles. The van der Waals surface area contributed by atoms with E-state index in [1.165, 1.54) is 0 Å². The van der Waals surface area contributed by atoms with Crippen molar-refractivity contribution in [2.45, 2.75) is 12.8 Å². The van der Waals surface area contributed by atoms with Crippen LogP contribution in [-0.2, 0) is 6.42 Å². The Balaban J connectivity index is 1.61.